The summed E-state index contributed by atoms with van der Waals surface area (Å²) in [4.78, 5) is 38.2. The number of unbranched alkanes of at least 4 members (excludes halogenated alkanes) is 38. The monoisotopic (exact) mass is 967 g/mol. The van der Waals surface area contributed by atoms with Gasteiger partial charge >= 0.3 is 17.9 Å². The van der Waals surface area contributed by atoms with Crippen LogP contribution >= 0.6 is 0 Å². The summed E-state index contributed by atoms with van der Waals surface area (Å²) in [7, 11) is 0. The maximum atomic E-state index is 12.9. The molecule has 69 heavy (non-hydrogen) atoms. The second-order valence-corrected chi connectivity index (χ2v) is 20.3. The molecule has 0 aromatic carbocycles. The van der Waals surface area contributed by atoms with Gasteiger partial charge in [-0.1, -0.05) is 275 Å². The Morgan fingerprint density at radius 2 is 0.507 bits per heavy atom. The number of hydrogen-bond acceptors (Lipinski definition) is 6. The van der Waals surface area contributed by atoms with Crippen LogP contribution in [0.3, 0.4) is 0 Å². The number of carbonyl (C=O) groups is 3. The van der Waals surface area contributed by atoms with Crippen molar-refractivity contribution in [2.75, 3.05) is 13.2 Å². The van der Waals surface area contributed by atoms with Gasteiger partial charge in [-0.15, -0.1) is 0 Å². The second kappa shape index (κ2) is 57.9. The molecular weight excluding hydrogens is 853 g/mol. The number of allylic oxidation sites excluding steroid dienone is 8. The number of esters is 3. The van der Waals surface area contributed by atoms with Crippen LogP contribution in [0.2, 0.25) is 0 Å². The van der Waals surface area contributed by atoms with E-state index in [4.69, 9.17) is 14.2 Å². The van der Waals surface area contributed by atoms with Crippen LogP contribution < -0.4 is 0 Å². The lowest BCUT2D eigenvalue weighted by atomic mass is 10.0. The quantitative estimate of drug-likeness (QED) is 0.0262. The smallest absolute Gasteiger partial charge is 0.306 e. The molecule has 0 aromatic rings. The molecule has 0 N–H and O–H groups in total. The van der Waals surface area contributed by atoms with Crippen LogP contribution in [0.15, 0.2) is 48.6 Å². The van der Waals surface area contributed by atoms with E-state index < -0.39 is 6.10 Å². The minimum absolute atomic E-state index is 0.0720. The second-order valence-electron chi connectivity index (χ2n) is 20.3. The third-order valence-corrected chi connectivity index (χ3v) is 13.4. The predicted octanol–water partition coefficient (Wildman–Crippen LogP) is 20.2. The van der Waals surface area contributed by atoms with E-state index in [-0.39, 0.29) is 31.1 Å². The molecule has 0 bridgehead atoms. The molecule has 0 saturated carbocycles. The summed E-state index contributed by atoms with van der Waals surface area (Å²) in [6.07, 6.45) is 71.0. The van der Waals surface area contributed by atoms with Crippen molar-refractivity contribution in [1.82, 2.24) is 0 Å². The van der Waals surface area contributed by atoms with Crippen molar-refractivity contribution in [1.29, 1.82) is 0 Å². The van der Waals surface area contributed by atoms with Gasteiger partial charge in [0.15, 0.2) is 6.10 Å². The highest BCUT2D eigenvalue weighted by Crippen LogP contribution is 2.17. The highest BCUT2D eigenvalue weighted by Gasteiger charge is 2.19. The van der Waals surface area contributed by atoms with Crippen LogP contribution in [0, 0.1) is 0 Å². The highest BCUT2D eigenvalue weighted by molar-refractivity contribution is 5.71. The van der Waals surface area contributed by atoms with Crippen LogP contribution in [-0.2, 0) is 28.6 Å². The Kier molecular flexibility index (Phi) is 55.7. The molecule has 0 aliphatic heterocycles. The Morgan fingerprint density at radius 1 is 0.290 bits per heavy atom. The normalized spacial score (nSPS) is 12.3. The van der Waals surface area contributed by atoms with E-state index in [9.17, 15) is 14.4 Å². The van der Waals surface area contributed by atoms with Crippen molar-refractivity contribution in [3.05, 3.63) is 48.6 Å². The molecule has 6 nitrogen and oxygen atoms in total. The van der Waals surface area contributed by atoms with Crippen molar-refractivity contribution in [3.63, 3.8) is 0 Å². The first kappa shape index (κ1) is 66.4. The Hall–Kier alpha value is -2.63. The van der Waals surface area contributed by atoms with Gasteiger partial charge in [0.2, 0.25) is 0 Å². The molecule has 0 heterocycles. The van der Waals surface area contributed by atoms with Gasteiger partial charge in [-0.25, -0.2) is 0 Å². The molecule has 0 radical (unpaired) electrons. The summed E-state index contributed by atoms with van der Waals surface area (Å²) in [6, 6.07) is 0. The van der Waals surface area contributed by atoms with Crippen LogP contribution in [-0.4, -0.2) is 37.2 Å². The van der Waals surface area contributed by atoms with E-state index in [1.54, 1.807) is 0 Å². The summed E-state index contributed by atoms with van der Waals surface area (Å²) < 4.78 is 16.9. The Bertz CT molecular complexity index is 1200. The number of hydrogen-bond donors (Lipinski definition) is 0. The van der Waals surface area contributed by atoms with E-state index >= 15 is 0 Å². The van der Waals surface area contributed by atoms with Crippen molar-refractivity contribution < 1.29 is 28.6 Å². The van der Waals surface area contributed by atoms with Crippen LogP contribution in [0.4, 0.5) is 0 Å². The zero-order valence-corrected chi connectivity index (χ0v) is 46.1. The topological polar surface area (TPSA) is 78.9 Å². The van der Waals surface area contributed by atoms with Crippen molar-refractivity contribution in [3.8, 4) is 0 Å². The van der Waals surface area contributed by atoms with E-state index in [0.29, 0.717) is 19.3 Å². The molecule has 0 aliphatic rings. The minimum Gasteiger partial charge on any atom is -0.462 e. The molecule has 1 unspecified atom stereocenters. The van der Waals surface area contributed by atoms with E-state index in [0.717, 1.165) is 57.8 Å². The van der Waals surface area contributed by atoms with Gasteiger partial charge in [-0.05, 0) is 70.6 Å². The Morgan fingerprint density at radius 3 is 0.797 bits per heavy atom. The summed E-state index contributed by atoms with van der Waals surface area (Å²) in [5, 5.41) is 0. The standard InChI is InChI=1S/C63H114O6/c1-4-7-10-13-16-19-22-25-27-29-31-33-35-38-41-44-47-50-53-56-62(65)68-59-60(58-67-61(64)55-52-49-46-43-40-37-24-21-18-15-12-9-6-3)69-63(66)57-54-51-48-45-42-39-36-34-32-30-28-26-23-20-17-14-11-8-5-2/h16-17,19-20,22-23,25-26,60H,4-15,18,21,24,27-59H2,1-3H3/b19-16-,20-17-,25-22-,26-23-. The van der Waals surface area contributed by atoms with Crippen molar-refractivity contribution in [2.24, 2.45) is 0 Å². The molecule has 0 aliphatic carbocycles. The predicted molar refractivity (Wildman–Crippen MR) is 298 cm³/mol. The van der Waals surface area contributed by atoms with Crippen LogP contribution in [0.5, 0.6) is 0 Å². The molecule has 0 saturated heterocycles. The van der Waals surface area contributed by atoms with Gasteiger partial charge in [-0.3, -0.25) is 14.4 Å². The average molecular weight is 968 g/mol. The average Bonchev–Trinajstić information content (AvgIpc) is 3.35. The van der Waals surface area contributed by atoms with Gasteiger partial charge in [-0.2, -0.15) is 0 Å². The number of ether oxygens (including phenoxy) is 3. The van der Waals surface area contributed by atoms with Crippen molar-refractivity contribution in [2.45, 2.75) is 322 Å². The molecule has 0 aromatic heterocycles. The highest BCUT2D eigenvalue weighted by atomic mass is 16.6. The van der Waals surface area contributed by atoms with E-state index in [2.05, 4.69) is 69.4 Å². The molecule has 0 amide bonds. The van der Waals surface area contributed by atoms with E-state index in [1.165, 1.54) is 218 Å². The number of rotatable bonds is 55. The lowest BCUT2D eigenvalue weighted by molar-refractivity contribution is -0.167. The summed E-state index contributed by atoms with van der Waals surface area (Å²) in [5.74, 6) is -0.862. The molecule has 6 heteroatoms. The van der Waals surface area contributed by atoms with Gasteiger partial charge in [0.05, 0.1) is 0 Å². The number of carbonyl (C=O) groups excluding carboxylic acids is 3. The zero-order valence-electron chi connectivity index (χ0n) is 46.1. The fraction of sp³-hybridized carbons (Fsp3) is 0.825. The molecule has 0 rings (SSSR count). The van der Waals surface area contributed by atoms with Crippen molar-refractivity contribution >= 4 is 17.9 Å². The first-order valence-electron chi connectivity index (χ1n) is 30.2. The minimum atomic E-state index is -0.774. The molecular formula is C63H114O6. The lowest BCUT2D eigenvalue weighted by Gasteiger charge is -2.18. The van der Waals surface area contributed by atoms with Crippen LogP contribution in [0.1, 0.15) is 316 Å². The van der Waals surface area contributed by atoms with Gasteiger partial charge < -0.3 is 14.2 Å². The van der Waals surface area contributed by atoms with E-state index in [1.807, 2.05) is 0 Å². The van der Waals surface area contributed by atoms with Crippen LogP contribution in [0.25, 0.3) is 0 Å². The summed E-state index contributed by atoms with van der Waals surface area (Å²) in [5.41, 5.74) is 0. The third kappa shape index (κ3) is 56.2. The zero-order chi connectivity index (χ0) is 50.0. The summed E-state index contributed by atoms with van der Waals surface area (Å²) in [6.45, 7) is 6.62. The SMILES string of the molecule is CCCCC/C=C\C=C/CCCCCCCCCCCCC(=O)OCC(COC(=O)CCCCCCCCCCCCCCC)OC(=O)CCCCCCCCCCCC/C=C\C=C/CCCCC. The lowest BCUT2D eigenvalue weighted by Crippen LogP contribution is -2.30. The van der Waals surface area contributed by atoms with Gasteiger partial charge in [0.1, 0.15) is 13.2 Å². The molecule has 0 spiro atoms. The molecule has 0 fully saturated rings. The van der Waals surface area contributed by atoms with Gasteiger partial charge in [0.25, 0.3) is 0 Å². The largest absolute Gasteiger partial charge is 0.462 e. The maximum Gasteiger partial charge on any atom is 0.306 e. The third-order valence-electron chi connectivity index (χ3n) is 13.4. The maximum absolute atomic E-state index is 12.9. The first-order chi connectivity index (χ1) is 34.0. The summed E-state index contributed by atoms with van der Waals surface area (Å²) >= 11 is 0. The first-order valence-corrected chi connectivity index (χ1v) is 30.2. The Labute approximate surface area is 428 Å². The molecule has 1 atom stereocenters. The fourth-order valence-electron chi connectivity index (χ4n) is 8.78. The van der Waals surface area contributed by atoms with Gasteiger partial charge in [0, 0.05) is 19.3 Å². The fourth-order valence-corrected chi connectivity index (χ4v) is 8.78. The Balaban J connectivity index is 4.33. The molecule has 402 valence electrons.